The quantitative estimate of drug-likeness (QED) is 0.679. The Morgan fingerprint density at radius 3 is 2.70 bits per heavy atom. The Morgan fingerprint density at radius 2 is 1.75 bits per heavy atom. The van der Waals surface area contributed by atoms with Crippen molar-refractivity contribution in [3.05, 3.63) is 57.9 Å². The van der Waals surface area contributed by atoms with Crippen LogP contribution in [-0.4, -0.2) is 9.55 Å². The van der Waals surface area contributed by atoms with E-state index in [1.807, 2.05) is 0 Å². The third-order valence-corrected chi connectivity index (χ3v) is 4.11. The minimum absolute atomic E-state index is 0.765. The summed E-state index contributed by atoms with van der Waals surface area (Å²) in [5.41, 5.74) is 1.15. The van der Waals surface area contributed by atoms with Gasteiger partial charge in [-0.2, -0.15) is 0 Å². The molecular formula is C17H14N2S. The van der Waals surface area contributed by atoms with Gasteiger partial charge >= 0.3 is 0 Å². The smallest absolute Gasteiger partial charge is 0.182 e. The molecular weight excluding hydrogens is 264 g/mol. The van der Waals surface area contributed by atoms with E-state index in [-0.39, 0.29) is 0 Å². The second kappa shape index (κ2) is 4.46. The lowest BCUT2D eigenvalue weighted by molar-refractivity contribution is 0.990. The number of nitrogens with zero attached hydrogens (tertiary/aromatic N) is 1. The molecule has 2 aromatic carbocycles. The van der Waals surface area contributed by atoms with Gasteiger partial charge in [0.15, 0.2) is 4.77 Å². The number of benzene rings is 2. The summed E-state index contributed by atoms with van der Waals surface area (Å²) < 4.78 is 2.92. The maximum absolute atomic E-state index is 5.53. The minimum atomic E-state index is 0.765. The maximum atomic E-state index is 5.53. The molecule has 0 radical (unpaired) electrons. The van der Waals surface area contributed by atoms with Gasteiger partial charge in [0.2, 0.25) is 0 Å². The van der Waals surface area contributed by atoms with Crippen LogP contribution in [0.15, 0.2) is 42.5 Å². The van der Waals surface area contributed by atoms with Gasteiger partial charge < -0.3 is 4.98 Å². The standard InChI is InChI=1S/C17H14N2S/c20-17-18-14-9-3-4-10-16(14)19(17)15-11-5-7-12-6-1-2-8-13(12)15/h1-2,5-11H,3-4H2,(H,18,20). The van der Waals surface area contributed by atoms with E-state index in [1.54, 1.807) is 0 Å². The molecule has 0 fully saturated rings. The number of fused-ring (bicyclic) bond motifs is 2. The van der Waals surface area contributed by atoms with Crippen molar-refractivity contribution in [2.45, 2.75) is 12.8 Å². The molecule has 0 amide bonds. The molecule has 1 aliphatic rings. The monoisotopic (exact) mass is 278 g/mol. The van der Waals surface area contributed by atoms with Gasteiger partial charge in [-0.3, -0.25) is 4.57 Å². The summed E-state index contributed by atoms with van der Waals surface area (Å²) in [6.45, 7) is 0. The molecule has 0 saturated carbocycles. The lowest BCUT2D eigenvalue weighted by Gasteiger charge is -2.08. The number of rotatable bonds is 1. The number of imidazole rings is 1. The Kier molecular flexibility index (Phi) is 2.60. The van der Waals surface area contributed by atoms with Gasteiger partial charge in [-0.25, -0.2) is 0 Å². The highest BCUT2D eigenvalue weighted by Crippen LogP contribution is 2.21. The zero-order chi connectivity index (χ0) is 13.5. The fourth-order valence-corrected chi connectivity index (χ4v) is 3.22. The molecule has 4 rings (SSSR count). The van der Waals surface area contributed by atoms with E-state index in [0.29, 0.717) is 0 Å². The van der Waals surface area contributed by atoms with Crippen LogP contribution in [0.3, 0.4) is 0 Å². The Morgan fingerprint density at radius 1 is 0.950 bits per heavy atom. The van der Waals surface area contributed by atoms with E-state index >= 15 is 0 Å². The van der Waals surface area contributed by atoms with Crippen molar-refractivity contribution in [2.24, 2.45) is 0 Å². The van der Waals surface area contributed by atoms with Crippen molar-refractivity contribution in [1.82, 2.24) is 9.55 Å². The van der Waals surface area contributed by atoms with E-state index in [0.717, 1.165) is 28.6 Å². The molecule has 98 valence electrons. The molecule has 0 atom stereocenters. The number of nitrogens with one attached hydrogen (secondary N) is 1. The van der Waals surface area contributed by atoms with E-state index in [2.05, 4.69) is 64.2 Å². The predicted molar refractivity (Wildman–Crippen MR) is 85.9 cm³/mol. The molecule has 2 nitrogen and oxygen atoms in total. The first kappa shape index (κ1) is 11.7. The van der Waals surface area contributed by atoms with Crippen molar-refractivity contribution in [2.75, 3.05) is 0 Å². The summed E-state index contributed by atoms with van der Waals surface area (Å²) in [6, 6.07) is 14.8. The molecule has 20 heavy (non-hydrogen) atoms. The van der Waals surface area contributed by atoms with E-state index < -0.39 is 0 Å². The van der Waals surface area contributed by atoms with Crippen LogP contribution >= 0.6 is 12.2 Å². The first-order chi connectivity index (χ1) is 9.84. The fraction of sp³-hybridized carbons (Fsp3) is 0.118. The fourth-order valence-electron chi connectivity index (χ4n) is 2.91. The minimum Gasteiger partial charge on any atom is -0.331 e. The number of H-pyrrole nitrogens is 1. The molecule has 3 heteroatoms. The average Bonchev–Trinajstić information content (AvgIpc) is 2.82. The number of hydrogen-bond donors (Lipinski definition) is 1. The second-order valence-electron chi connectivity index (χ2n) is 5.05. The van der Waals surface area contributed by atoms with Crippen LogP contribution in [0, 0.1) is 4.77 Å². The van der Waals surface area contributed by atoms with Crippen LogP contribution < -0.4 is 10.7 Å². The first-order valence-electron chi connectivity index (χ1n) is 6.84. The predicted octanol–water partition coefficient (Wildman–Crippen LogP) is 3.04. The van der Waals surface area contributed by atoms with Gasteiger partial charge in [0, 0.05) is 5.39 Å². The van der Waals surface area contributed by atoms with Gasteiger partial charge in [-0.15, -0.1) is 0 Å². The van der Waals surface area contributed by atoms with Crippen molar-refractivity contribution in [1.29, 1.82) is 0 Å². The van der Waals surface area contributed by atoms with Crippen LogP contribution in [-0.2, 0) is 0 Å². The number of aromatic amines is 1. The van der Waals surface area contributed by atoms with Gasteiger partial charge in [0.05, 0.1) is 16.4 Å². The number of aromatic nitrogens is 2. The highest BCUT2D eigenvalue weighted by molar-refractivity contribution is 7.71. The Bertz CT molecular complexity index is 971. The van der Waals surface area contributed by atoms with Crippen molar-refractivity contribution >= 4 is 35.1 Å². The molecule has 0 aliphatic heterocycles. The normalized spacial score (nSPS) is 13.6. The third-order valence-electron chi connectivity index (χ3n) is 3.82. The zero-order valence-corrected chi connectivity index (χ0v) is 11.8. The second-order valence-corrected chi connectivity index (χ2v) is 5.44. The van der Waals surface area contributed by atoms with E-state index in [4.69, 9.17) is 12.2 Å². The zero-order valence-electron chi connectivity index (χ0n) is 11.0. The molecule has 0 unspecified atom stereocenters. The summed E-state index contributed by atoms with van der Waals surface area (Å²) in [4.78, 5) is 3.32. The van der Waals surface area contributed by atoms with Gasteiger partial charge in [0.1, 0.15) is 0 Å². The van der Waals surface area contributed by atoms with Gasteiger partial charge in [0.25, 0.3) is 0 Å². The Labute approximate surface area is 121 Å². The van der Waals surface area contributed by atoms with Crippen LogP contribution in [0.2, 0.25) is 0 Å². The average molecular weight is 278 g/mol. The van der Waals surface area contributed by atoms with Gasteiger partial charge in [-0.05, 0) is 36.5 Å². The summed E-state index contributed by atoms with van der Waals surface area (Å²) in [6.07, 6.45) is 6.65. The third kappa shape index (κ3) is 1.67. The molecule has 1 heterocycles. The molecule has 1 N–H and O–H groups in total. The highest BCUT2D eigenvalue weighted by Gasteiger charge is 2.08. The first-order valence-corrected chi connectivity index (χ1v) is 7.25. The van der Waals surface area contributed by atoms with Crippen molar-refractivity contribution in [3.8, 4) is 5.69 Å². The van der Waals surface area contributed by atoms with Gasteiger partial charge in [-0.1, -0.05) is 48.6 Å². The van der Waals surface area contributed by atoms with Crippen LogP contribution in [0.4, 0.5) is 0 Å². The van der Waals surface area contributed by atoms with Crippen molar-refractivity contribution in [3.63, 3.8) is 0 Å². The lowest BCUT2D eigenvalue weighted by atomic mass is 10.1. The SMILES string of the molecule is S=c1[nH]c2c(n1-c1cccc3ccccc13)=CCCC=2. The molecule has 0 saturated heterocycles. The molecule has 0 spiro atoms. The Balaban J connectivity index is 2.17. The summed E-state index contributed by atoms with van der Waals surface area (Å²) in [5.74, 6) is 0. The topological polar surface area (TPSA) is 20.7 Å². The summed E-state index contributed by atoms with van der Waals surface area (Å²) >= 11 is 5.53. The van der Waals surface area contributed by atoms with E-state index in [1.165, 1.54) is 16.1 Å². The van der Waals surface area contributed by atoms with Crippen LogP contribution in [0.25, 0.3) is 28.6 Å². The van der Waals surface area contributed by atoms with Crippen LogP contribution in [0.5, 0.6) is 0 Å². The summed E-state index contributed by atoms with van der Waals surface area (Å²) in [7, 11) is 0. The maximum Gasteiger partial charge on any atom is 0.182 e. The molecule has 0 bridgehead atoms. The lowest BCUT2D eigenvalue weighted by Crippen LogP contribution is -2.31. The largest absolute Gasteiger partial charge is 0.331 e. The summed E-state index contributed by atoms with van der Waals surface area (Å²) in [5, 5.41) is 4.81. The number of hydrogen-bond acceptors (Lipinski definition) is 1. The molecule has 3 aromatic rings. The highest BCUT2D eigenvalue weighted by atomic mass is 32.1. The van der Waals surface area contributed by atoms with Crippen molar-refractivity contribution < 1.29 is 0 Å². The molecule has 1 aliphatic carbocycles. The van der Waals surface area contributed by atoms with Crippen LogP contribution in [0.1, 0.15) is 12.8 Å². The van der Waals surface area contributed by atoms with E-state index in [9.17, 15) is 0 Å². The molecule has 1 aromatic heterocycles. The Hall–Kier alpha value is -2.13.